The second-order valence-electron chi connectivity index (χ2n) is 17.6. The van der Waals surface area contributed by atoms with Crippen LogP contribution in [-0.4, -0.2) is 141 Å². The number of ketones is 1. The van der Waals surface area contributed by atoms with E-state index in [0.29, 0.717) is 56.7 Å². The Kier molecular flexibility index (Phi) is 14.5. The minimum absolute atomic E-state index is 0.112. The number of hydrogen-bond acceptors (Lipinski definition) is 14. The summed E-state index contributed by atoms with van der Waals surface area (Å²) in [5.41, 5.74) is 8.55. The Morgan fingerprint density at radius 2 is 1.78 bits per heavy atom. The number of carbonyl (C=O) groups excluding carboxylic acids is 3. The van der Waals surface area contributed by atoms with Gasteiger partial charge in [0.2, 0.25) is 0 Å². The molecule has 13 atom stereocenters. The molecule has 0 aliphatic carbocycles. The van der Waals surface area contributed by atoms with E-state index in [0.717, 1.165) is 12.5 Å². The SMILES string of the molecule is CC[C@H]1OC(=O)[C@@](C)(F)C(=O)[C@H](C)[C@@H](O[C@@H]2OC(C)CC(N)C2O)[C@](C)(OC)C[C@@H](C)CN(C)[C@H](C)[C@H]2N(CCCCn3cc(-c4cccc(N)c4)nn3)C(=O)O[C@]12C. The van der Waals surface area contributed by atoms with Gasteiger partial charge in [-0.1, -0.05) is 38.1 Å². The number of nitrogens with zero attached hydrogens (tertiary/aromatic N) is 5. The number of nitrogens with two attached hydrogens (primary N) is 2. The quantitative estimate of drug-likeness (QED) is 0.133. The predicted octanol–water partition coefficient (Wildman–Crippen LogP) is 4.12. The van der Waals surface area contributed by atoms with Crippen LogP contribution in [0.15, 0.2) is 30.5 Å². The van der Waals surface area contributed by atoms with Crippen molar-refractivity contribution in [2.75, 3.05) is 33.0 Å². The fraction of sp³-hybridized carbons (Fsp3) is 0.738. The van der Waals surface area contributed by atoms with Crippen LogP contribution in [0.25, 0.3) is 11.3 Å². The van der Waals surface area contributed by atoms with Crippen LogP contribution in [-0.2, 0) is 39.8 Å². The maximum atomic E-state index is 16.9. The molecule has 2 aromatic rings. The molecule has 330 valence electrons. The molecule has 0 spiro atoms. The summed E-state index contributed by atoms with van der Waals surface area (Å²) in [7, 11) is 3.43. The number of esters is 1. The van der Waals surface area contributed by atoms with Crippen molar-refractivity contribution in [2.24, 2.45) is 17.6 Å². The zero-order valence-electron chi connectivity index (χ0n) is 36.3. The lowest BCUT2D eigenvalue weighted by molar-refractivity contribution is -0.289. The van der Waals surface area contributed by atoms with E-state index in [1.807, 2.05) is 45.3 Å². The Morgan fingerprint density at radius 1 is 1.08 bits per heavy atom. The largest absolute Gasteiger partial charge is 0.455 e. The van der Waals surface area contributed by atoms with Crippen LogP contribution in [0.2, 0.25) is 0 Å². The van der Waals surface area contributed by atoms with Crippen LogP contribution in [0.3, 0.4) is 0 Å². The molecule has 3 saturated heterocycles. The molecule has 17 heteroatoms. The first kappa shape index (κ1) is 46.3. The molecule has 16 nitrogen and oxygen atoms in total. The van der Waals surface area contributed by atoms with Crippen molar-refractivity contribution >= 4 is 23.5 Å². The number of amides is 1. The third kappa shape index (κ3) is 9.75. The van der Waals surface area contributed by atoms with Gasteiger partial charge in [-0.2, -0.15) is 0 Å². The number of anilines is 1. The summed E-state index contributed by atoms with van der Waals surface area (Å²) in [5, 5.41) is 19.6. The molecule has 0 bridgehead atoms. The van der Waals surface area contributed by atoms with Gasteiger partial charge in [-0.15, -0.1) is 5.10 Å². The molecule has 59 heavy (non-hydrogen) atoms. The van der Waals surface area contributed by atoms with E-state index in [9.17, 15) is 19.5 Å². The molecule has 3 aliphatic heterocycles. The van der Waals surface area contributed by atoms with Crippen LogP contribution in [0, 0.1) is 11.8 Å². The lowest BCUT2D eigenvalue weighted by Crippen LogP contribution is -2.61. The third-order valence-corrected chi connectivity index (χ3v) is 12.7. The minimum Gasteiger partial charge on any atom is -0.455 e. The number of fused-ring (bicyclic) bond motifs is 1. The summed E-state index contributed by atoms with van der Waals surface area (Å²) in [6, 6.07) is 5.76. The average molecular weight is 832 g/mol. The zero-order valence-corrected chi connectivity index (χ0v) is 36.3. The fourth-order valence-electron chi connectivity index (χ4n) is 9.37. The van der Waals surface area contributed by atoms with Gasteiger partial charge in [-0.3, -0.25) is 14.4 Å². The first-order valence-electron chi connectivity index (χ1n) is 20.9. The van der Waals surface area contributed by atoms with Crippen molar-refractivity contribution in [3.05, 3.63) is 30.5 Å². The van der Waals surface area contributed by atoms with Gasteiger partial charge in [-0.05, 0) is 91.8 Å². The first-order chi connectivity index (χ1) is 27.7. The maximum Gasteiger partial charge on any atom is 0.410 e. The number of ether oxygens (including phenoxy) is 5. The first-order valence-corrected chi connectivity index (χ1v) is 20.9. The third-order valence-electron chi connectivity index (χ3n) is 12.7. The normalized spacial score (nSPS) is 38.0. The molecule has 1 aromatic carbocycles. The van der Waals surface area contributed by atoms with Crippen molar-refractivity contribution in [3.8, 4) is 11.3 Å². The van der Waals surface area contributed by atoms with Gasteiger partial charge >= 0.3 is 12.1 Å². The summed E-state index contributed by atoms with van der Waals surface area (Å²) in [5.74, 6) is -3.91. The van der Waals surface area contributed by atoms with E-state index < -0.39 is 77.3 Å². The Labute approximate surface area is 347 Å². The van der Waals surface area contributed by atoms with Gasteiger partial charge in [0, 0.05) is 56.0 Å². The van der Waals surface area contributed by atoms with Crippen LogP contribution in [0.1, 0.15) is 87.5 Å². The number of Topliss-reactive ketones (excluding diaryl/α,β-unsaturated/α-hetero) is 1. The van der Waals surface area contributed by atoms with Crippen molar-refractivity contribution in [1.82, 2.24) is 24.8 Å². The number of likely N-dealkylation sites (N-methyl/N-ethyl adjacent to an activating group) is 1. The highest BCUT2D eigenvalue weighted by Gasteiger charge is 2.60. The monoisotopic (exact) mass is 831 g/mol. The van der Waals surface area contributed by atoms with Crippen LogP contribution < -0.4 is 11.5 Å². The van der Waals surface area contributed by atoms with Crippen molar-refractivity contribution in [1.29, 1.82) is 0 Å². The number of cyclic esters (lactones) is 1. The van der Waals surface area contributed by atoms with Crippen LogP contribution in [0.5, 0.6) is 0 Å². The number of alkyl halides is 1. The number of benzene rings is 1. The second kappa shape index (κ2) is 18.5. The molecule has 0 radical (unpaired) electrons. The summed E-state index contributed by atoms with van der Waals surface area (Å²) in [6.07, 6.45) is -1.75. The van der Waals surface area contributed by atoms with E-state index in [1.165, 1.54) is 14.0 Å². The van der Waals surface area contributed by atoms with Gasteiger partial charge in [0.25, 0.3) is 5.67 Å². The van der Waals surface area contributed by atoms with Crippen molar-refractivity contribution in [3.63, 3.8) is 0 Å². The fourth-order valence-corrected chi connectivity index (χ4v) is 9.37. The average Bonchev–Trinajstić information content (AvgIpc) is 3.76. The molecule has 1 amide bonds. The van der Waals surface area contributed by atoms with Crippen molar-refractivity contribution < 1.29 is 47.6 Å². The molecule has 5 N–H and O–H groups in total. The van der Waals surface area contributed by atoms with E-state index in [4.69, 9.17) is 35.2 Å². The number of methoxy groups -OCH3 is 1. The predicted molar refractivity (Wildman–Crippen MR) is 217 cm³/mol. The molecule has 1 aromatic heterocycles. The standard InChI is InChI=1S/C42H66FN7O9/c1-11-32-42(8)34(50(39(54)59-42)18-13-12-17-49-23-31(46-47-49)28-15-14-16-29(44)20-28)27(5)48(9)22-24(2)21-40(6,55-10)36(26(4)35(52)41(7,43)38(53)57-32)58-37-33(51)30(45)19-25(3)56-37/h14-16,20,23-27,30,32-34,36-37,51H,11-13,17-19,21-22,44-45H2,1-10H3/t24-,25?,26+,27-,30?,32-,33?,34-,36-,37+,40-,41+,42-/m1/s1. The van der Waals surface area contributed by atoms with Gasteiger partial charge in [-0.25, -0.2) is 14.0 Å². The highest BCUT2D eigenvalue weighted by molar-refractivity contribution is 6.07. The van der Waals surface area contributed by atoms with Gasteiger partial charge in [0.15, 0.2) is 17.7 Å². The van der Waals surface area contributed by atoms with Gasteiger partial charge in [0.1, 0.15) is 17.9 Å². The number of halogens is 1. The van der Waals surface area contributed by atoms with E-state index in [-0.39, 0.29) is 24.5 Å². The number of nitrogen functional groups attached to an aromatic ring is 1. The molecule has 3 aliphatic rings. The minimum atomic E-state index is -3.14. The van der Waals surface area contributed by atoms with E-state index in [2.05, 4.69) is 15.2 Å². The number of aliphatic hydroxyl groups is 1. The summed E-state index contributed by atoms with van der Waals surface area (Å²) >= 11 is 0. The van der Waals surface area contributed by atoms with Gasteiger partial charge in [0.05, 0.1) is 30.0 Å². The molecule has 3 fully saturated rings. The number of unbranched alkanes of at least 4 members (excludes halogenated alkanes) is 1. The maximum absolute atomic E-state index is 16.9. The molecule has 5 rings (SSSR count). The summed E-state index contributed by atoms with van der Waals surface area (Å²) < 4.78 is 49.3. The van der Waals surface area contributed by atoms with Crippen LogP contribution in [0.4, 0.5) is 14.9 Å². The number of aromatic nitrogens is 3. The molecule has 4 heterocycles. The number of rotatable bonds is 10. The van der Waals surface area contributed by atoms with Crippen molar-refractivity contribution in [2.45, 2.75) is 160 Å². The Bertz CT molecular complexity index is 1780. The number of hydrogen-bond donors (Lipinski definition) is 3. The highest BCUT2D eigenvalue weighted by Crippen LogP contribution is 2.42. The Hall–Kier alpha value is -3.74. The summed E-state index contributed by atoms with van der Waals surface area (Å²) in [4.78, 5) is 45.9. The Balaban J connectivity index is 1.43. The van der Waals surface area contributed by atoms with E-state index >= 15 is 4.39 Å². The molecule has 0 saturated carbocycles. The topological polar surface area (TPSA) is 207 Å². The molecular formula is C42H66FN7O9. The second-order valence-corrected chi connectivity index (χ2v) is 17.6. The van der Waals surface area contributed by atoms with Crippen LogP contribution >= 0.6 is 0 Å². The Morgan fingerprint density at radius 3 is 2.44 bits per heavy atom. The van der Waals surface area contributed by atoms with Gasteiger partial charge < -0.3 is 45.2 Å². The van der Waals surface area contributed by atoms with E-state index in [1.54, 1.807) is 43.3 Å². The summed E-state index contributed by atoms with van der Waals surface area (Å²) in [6.45, 7) is 14.8. The lowest BCUT2D eigenvalue weighted by Gasteiger charge is -2.46. The lowest BCUT2D eigenvalue weighted by atomic mass is 9.77. The smallest absolute Gasteiger partial charge is 0.410 e. The number of aliphatic hydroxyl groups excluding tert-OH is 1. The number of carbonyl (C=O) groups is 3. The highest BCUT2D eigenvalue weighted by atomic mass is 19.1. The number of aryl methyl sites for hydroxylation is 1. The molecule has 3 unspecified atom stereocenters. The molecular weight excluding hydrogens is 765 g/mol. The zero-order chi connectivity index (χ0) is 43.6.